The number of aromatic amines is 2. The van der Waals surface area contributed by atoms with E-state index in [0.29, 0.717) is 22.3 Å². The SMILES string of the molecule is O=c1[nH]c(=O)c2cccc(/C=C/C(Cl)CCl)c2[nH]1. The van der Waals surface area contributed by atoms with E-state index < -0.39 is 11.2 Å². The van der Waals surface area contributed by atoms with Crippen LogP contribution in [-0.4, -0.2) is 21.2 Å². The van der Waals surface area contributed by atoms with E-state index in [9.17, 15) is 9.59 Å². The van der Waals surface area contributed by atoms with Gasteiger partial charge in [-0.3, -0.25) is 9.78 Å². The fourth-order valence-corrected chi connectivity index (χ4v) is 1.79. The number of fused-ring (bicyclic) bond motifs is 1. The lowest BCUT2D eigenvalue weighted by atomic mass is 10.1. The molecule has 1 unspecified atom stereocenters. The Hall–Kier alpha value is -1.52. The quantitative estimate of drug-likeness (QED) is 0.848. The second kappa shape index (κ2) is 5.42. The summed E-state index contributed by atoms with van der Waals surface area (Å²) in [7, 11) is 0. The maximum atomic E-state index is 11.6. The van der Waals surface area contributed by atoms with Gasteiger partial charge in [-0.2, -0.15) is 0 Å². The van der Waals surface area contributed by atoms with Crippen LogP contribution in [0.5, 0.6) is 0 Å². The van der Waals surface area contributed by atoms with Crippen LogP contribution in [0.15, 0.2) is 33.9 Å². The van der Waals surface area contributed by atoms with Gasteiger partial charge >= 0.3 is 5.69 Å². The molecule has 0 saturated heterocycles. The molecule has 0 spiro atoms. The molecule has 0 aliphatic carbocycles. The van der Waals surface area contributed by atoms with Gasteiger partial charge in [-0.05, 0) is 11.6 Å². The number of alkyl halides is 2. The highest BCUT2D eigenvalue weighted by atomic mass is 35.5. The molecule has 2 aromatic rings. The van der Waals surface area contributed by atoms with Gasteiger partial charge in [0, 0.05) is 5.88 Å². The third-order valence-corrected chi connectivity index (χ3v) is 3.23. The number of hydrogen-bond acceptors (Lipinski definition) is 2. The highest BCUT2D eigenvalue weighted by molar-refractivity contribution is 6.29. The second-order valence-electron chi connectivity index (χ2n) is 3.71. The van der Waals surface area contributed by atoms with Gasteiger partial charge < -0.3 is 4.98 Å². The minimum atomic E-state index is -0.534. The third kappa shape index (κ3) is 2.66. The van der Waals surface area contributed by atoms with Gasteiger partial charge in [-0.15, -0.1) is 23.2 Å². The highest BCUT2D eigenvalue weighted by Crippen LogP contribution is 2.14. The van der Waals surface area contributed by atoms with Gasteiger partial charge in [0.1, 0.15) is 0 Å². The largest absolute Gasteiger partial charge is 0.326 e. The molecule has 1 atom stereocenters. The minimum absolute atomic E-state index is 0.292. The van der Waals surface area contributed by atoms with Crippen LogP contribution in [-0.2, 0) is 0 Å². The van der Waals surface area contributed by atoms with Crippen LogP contribution >= 0.6 is 23.2 Å². The highest BCUT2D eigenvalue weighted by Gasteiger charge is 2.04. The number of rotatable bonds is 3. The molecule has 2 N–H and O–H groups in total. The van der Waals surface area contributed by atoms with Gasteiger partial charge in [-0.25, -0.2) is 4.79 Å². The van der Waals surface area contributed by atoms with E-state index in [4.69, 9.17) is 23.2 Å². The van der Waals surface area contributed by atoms with Crippen LogP contribution in [0, 0.1) is 0 Å². The summed E-state index contributed by atoms with van der Waals surface area (Å²) >= 11 is 11.5. The molecule has 6 heteroatoms. The van der Waals surface area contributed by atoms with Crippen LogP contribution in [0.2, 0.25) is 0 Å². The van der Waals surface area contributed by atoms with E-state index >= 15 is 0 Å². The van der Waals surface area contributed by atoms with Crippen molar-refractivity contribution >= 4 is 40.2 Å². The Morgan fingerprint density at radius 2 is 2.06 bits per heavy atom. The fourth-order valence-electron chi connectivity index (χ4n) is 1.61. The zero-order valence-electron chi connectivity index (χ0n) is 9.24. The first-order chi connectivity index (χ1) is 8.61. The molecule has 1 aromatic heterocycles. The van der Waals surface area contributed by atoms with Crippen molar-refractivity contribution < 1.29 is 0 Å². The van der Waals surface area contributed by atoms with Gasteiger partial charge in [-0.1, -0.05) is 24.3 Å². The molecule has 4 nitrogen and oxygen atoms in total. The molecule has 2 rings (SSSR count). The van der Waals surface area contributed by atoms with Crippen LogP contribution in [0.25, 0.3) is 17.0 Å². The summed E-state index contributed by atoms with van der Waals surface area (Å²) in [6.07, 6.45) is 3.45. The molecule has 0 radical (unpaired) electrons. The number of nitrogens with one attached hydrogen (secondary N) is 2. The Morgan fingerprint density at radius 1 is 1.28 bits per heavy atom. The van der Waals surface area contributed by atoms with E-state index in [0.717, 1.165) is 0 Å². The Bertz CT molecular complexity index is 703. The first-order valence-corrected chi connectivity index (χ1v) is 6.22. The molecule has 0 fully saturated rings. The number of hydrogen-bond donors (Lipinski definition) is 2. The summed E-state index contributed by atoms with van der Waals surface area (Å²) in [4.78, 5) is 27.6. The zero-order valence-corrected chi connectivity index (χ0v) is 10.8. The van der Waals surface area contributed by atoms with Crippen molar-refractivity contribution in [2.24, 2.45) is 0 Å². The zero-order chi connectivity index (χ0) is 13.1. The van der Waals surface area contributed by atoms with Crippen molar-refractivity contribution in [3.63, 3.8) is 0 Å². The summed E-state index contributed by atoms with van der Waals surface area (Å²) in [5.74, 6) is 0.292. The van der Waals surface area contributed by atoms with Crippen LogP contribution in [0.3, 0.4) is 0 Å². The predicted octanol–water partition coefficient (Wildman–Crippen LogP) is 2.08. The summed E-state index contributed by atoms with van der Waals surface area (Å²) in [6.45, 7) is 0. The van der Waals surface area contributed by atoms with Crippen molar-refractivity contribution in [3.05, 3.63) is 50.7 Å². The van der Waals surface area contributed by atoms with E-state index in [2.05, 4.69) is 9.97 Å². The van der Waals surface area contributed by atoms with E-state index in [1.165, 1.54) is 0 Å². The van der Waals surface area contributed by atoms with Crippen molar-refractivity contribution in [3.8, 4) is 0 Å². The molecule has 0 aliphatic heterocycles. The summed E-state index contributed by atoms with van der Waals surface area (Å²) in [6, 6.07) is 5.16. The smallest absolute Gasteiger partial charge is 0.306 e. The van der Waals surface area contributed by atoms with Gasteiger partial charge in [0.05, 0.1) is 16.3 Å². The summed E-state index contributed by atoms with van der Waals surface area (Å²) in [5, 5.41) is 0.129. The number of halogens is 2. The van der Waals surface area contributed by atoms with E-state index in [-0.39, 0.29) is 5.38 Å². The average Bonchev–Trinajstić information content (AvgIpc) is 2.36. The molecule has 1 aromatic carbocycles. The monoisotopic (exact) mass is 284 g/mol. The topological polar surface area (TPSA) is 65.7 Å². The molecular formula is C12H10Cl2N2O2. The molecule has 0 saturated carbocycles. The standard InChI is InChI=1S/C12H10Cl2N2O2/c13-6-8(14)5-4-7-2-1-3-9-10(7)15-12(18)16-11(9)17/h1-5,8H,6H2,(H2,15,16,17,18)/b5-4+. The van der Waals surface area contributed by atoms with E-state index in [1.807, 2.05) is 0 Å². The van der Waals surface area contributed by atoms with Gasteiger partial charge in [0.15, 0.2) is 0 Å². The van der Waals surface area contributed by atoms with E-state index in [1.54, 1.807) is 30.4 Å². The van der Waals surface area contributed by atoms with Crippen molar-refractivity contribution in [1.82, 2.24) is 9.97 Å². The fraction of sp³-hybridized carbons (Fsp3) is 0.167. The summed E-state index contributed by atoms with van der Waals surface area (Å²) in [5.41, 5.74) is 0.254. The number of para-hydroxylation sites is 1. The molecular weight excluding hydrogens is 275 g/mol. The van der Waals surface area contributed by atoms with Crippen LogP contribution in [0.1, 0.15) is 5.56 Å². The molecule has 1 heterocycles. The number of H-pyrrole nitrogens is 2. The number of benzene rings is 1. The Morgan fingerprint density at radius 3 is 2.78 bits per heavy atom. The lowest BCUT2D eigenvalue weighted by Gasteiger charge is -2.01. The molecule has 18 heavy (non-hydrogen) atoms. The maximum absolute atomic E-state index is 11.6. The summed E-state index contributed by atoms with van der Waals surface area (Å²) < 4.78 is 0. The second-order valence-corrected chi connectivity index (χ2v) is 4.58. The minimum Gasteiger partial charge on any atom is -0.306 e. The van der Waals surface area contributed by atoms with Crippen molar-refractivity contribution in [1.29, 1.82) is 0 Å². The molecule has 94 valence electrons. The van der Waals surface area contributed by atoms with Crippen LogP contribution < -0.4 is 11.2 Å². The van der Waals surface area contributed by atoms with Crippen LogP contribution in [0.4, 0.5) is 0 Å². The average molecular weight is 285 g/mol. The number of allylic oxidation sites excluding steroid dienone is 1. The Balaban J connectivity index is 2.62. The van der Waals surface area contributed by atoms with Crippen molar-refractivity contribution in [2.45, 2.75) is 5.38 Å². The first-order valence-electron chi connectivity index (χ1n) is 5.25. The maximum Gasteiger partial charge on any atom is 0.326 e. The Kier molecular flexibility index (Phi) is 3.89. The number of aromatic nitrogens is 2. The van der Waals surface area contributed by atoms with Crippen molar-refractivity contribution in [2.75, 3.05) is 5.88 Å². The lowest BCUT2D eigenvalue weighted by Crippen LogP contribution is -2.22. The predicted molar refractivity (Wildman–Crippen MR) is 74.6 cm³/mol. The first kappa shape index (κ1) is 12.9. The molecule has 0 bridgehead atoms. The Labute approximate surface area is 112 Å². The third-order valence-electron chi connectivity index (χ3n) is 2.44. The molecule has 0 amide bonds. The lowest BCUT2D eigenvalue weighted by molar-refractivity contribution is 1.08. The van der Waals surface area contributed by atoms with Gasteiger partial charge in [0.2, 0.25) is 0 Å². The molecule has 0 aliphatic rings. The van der Waals surface area contributed by atoms with Gasteiger partial charge in [0.25, 0.3) is 5.56 Å². The normalized spacial score (nSPS) is 13.2.